The van der Waals surface area contributed by atoms with Gasteiger partial charge in [-0.25, -0.2) is 4.68 Å². The number of ether oxygens (including phenoxy) is 1. The number of thioether (sulfide) groups is 1. The van der Waals surface area contributed by atoms with Crippen LogP contribution in [0.1, 0.15) is 29.2 Å². The van der Waals surface area contributed by atoms with Crippen molar-refractivity contribution in [3.8, 4) is 5.75 Å². The van der Waals surface area contributed by atoms with Gasteiger partial charge in [0.05, 0.1) is 13.7 Å². The molecule has 1 aliphatic carbocycles. The summed E-state index contributed by atoms with van der Waals surface area (Å²) >= 11 is 1.37. The van der Waals surface area contributed by atoms with Gasteiger partial charge in [-0.15, -0.1) is 5.10 Å². The summed E-state index contributed by atoms with van der Waals surface area (Å²) in [6, 6.07) is 17.8. The summed E-state index contributed by atoms with van der Waals surface area (Å²) in [4.78, 5) is 12.8. The smallest absolute Gasteiger partial charge is 0.238 e. The fourth-order valence-corrected chi connectivity index (χ4v) is 3.78. The third-order valence-electron chi connectivity index (χ3n) is 4.48. The molecule has 144 valence electrons. The molecule has 1 heterocycles. The van der Waals surface area contributed by atoms with Crippen LogP contribution < -0.4 is 10.1 Å². The van der Waals surface area contributed by atoms with E-state index in [1.165, 1.54) is 11.8 Å². The first kappa shape index (κ1) is 18.5. The lowest BCUT2D eigenvalue weighted by Gasteiger charge is -2.16. The molecule has 1 aromatic heterocycles. The van der Waals surface area contributed by atoms with Crippen molar-refractivity contribution in [1.29, 1.82) is 0 Å². The minimum Gasteiger partial charge on any atom is -0.497 e. The monoisotopic (exact) mass is 395 g/mol. The highest BCUT2D eigenvalue weighted by Crippen LogP contribution is 2.35. The minimum absolute atomic E-state index is 0.00213. The van der Waals surface area contributed by atoms with E-state index in [0.29, 0.717) is 17.7 Å². The number of rotatable bonds is 8. The number of aromatic nitrogens is 4. The highest BCUT2D eigenvalue weighted by molar-refractivity contribution is 8.00. The van der Waals surface area contributed by atoms with Crippen LogP contribution in [0.15, 0.2) is 59.8 Å². The minimum atomic E-state index is -0.401. The maximum absolute atomic E-state index is 12.8. The summed E-state index contributed by atoms with van der Waals surface area (Å²) in [5.41, 5.74) is 1.98. The molecule has 0 radical (unpaired) electrons. The van der Waals surface area contributed by atoms with Gasteiger partial charge in [0, 0.05) is 6.04 Å². The Morgan fingerprint density at radius 1 is 1.21 bits per heavy atom. The molecule has 1 N–H and O–H groups in total. The van der Waals surface area contributed by atoms with Crippen LogP contribution in [0.25, 0.3) is 0 Å². The summed E-state index contributed by atoms with van der Waals surface area (Å²) in [7, 11) is 1.64. The van der Waals surface area contributed by atoms with Crippen molar-refractivity contribution in [3.05, 3.63) is 65.7 Å². The van der Waals surface area contributed by atoms with Gasteiger partial charge in [0.2, 0.25) is 11.1 Å². The van der Waals surface area contributed by atoms with E-state index >= 15 is 0 Å². The van der Waals surface area contributed by atoms with E-state index in [-0.39, 0.29) is 5.91 Å². The summed E-state index contributed by atoms with van der Waals surface area (Å²) in [5, 5.41) is 15.4. The fraction of sp³-hybridized carbons (Fsp3) is 0.300. The van der Waals surface area contributed by atoms with Gasteiger partial charge in [0.25, 0.3) is 0 Å². The molecule has 1 amide bonds. The molecule has 0 unspecified atom stereocenters. The van der Waals surface area contributed by atoms with Crippen molar-refractivity contribution in [2.45, 2.75) is 35.8 Å². The van der Waals surface area contributed by atoms with Gasteiger partial charge in [0.15, 0.2) is 0 Å². The molecule has 3 aromatic rings. The lowest BCUT2D eigenvalue weighted by atomic mass is 10.1. The molecule has 0 aliphatic heterocycles. The van der Waals surface area contributed by atoms with E-state index in [2.05, 4.69) is 20.8 Å². The second kappa shape index (κ2) is 8.43. The number of tetrazole rings is 1. The van der Waals surface area contributed by atoms with E-state index in [4.69, 9.17) is 4.74 Å². The average molecular weight is 395 g/mol. The van der Waals surface area contributed by atoms with Crippen molar-refractivity contribution >= 4 is 17.7 Å². The molecule has 1 atom stereocenters. The molecule has 1 fully saturated rings. The van der Waals surface area contributed by atoms with Crippen molar-refractivity contribution < 1.29 is 9.53 Å². The number of carbonyl (C=O) groups is 1. The Hall–Kier alpha value is -2.87. The van der Waals surface area contributed by atoms with Gasteiger partial charge in [-0.3, -0.25) is 4.79 Å². The largest absolute Gasteiger partial charge is 0.497 e. The van der Waals surface area contributed by atoms with Gasteiger partial charge in [-0.1, -0.05) is 54.2 Å². The molecule has 1 aliphatic rings. The zero-order valence-electron chi connectivity index (χ0n) is 15.5. The van der Waals surface area contributed by atoms with Gasteiger partial charge in [0.1, 0.15) is 11.0 Å². The molecule has 2 aromatic carbocycles. The van der Waals surface area contributed by atoms with Crippen LogP contribution in [-0.4, -0.2) is 39.3 Å². The van der Waals surface area contributed by atoms with E-state index in [1.807, 2.05) is 54.6 Å². The Morgan fingerprint density at radius 3 is 2.64 bits per heavy atom. The van der Waals surface area contributed by atoms with Gasteiger partial charge < -0.3 is 10.1 Å². The van der Waals surface area contributed by atoms with Gasteiger partial charge >= 0.3 is 0 Å². The number of hydrogen-bond donors (Lipinski definition) is 1. The zero-order chi connectivity index (χ0) is 19.3. The number of carbonyl (C=O) groups excluding carboxylic acids is 1. The normalized spacial score (nSPS) is 14.5. The molecule has 4 rings (SSSR count). The maximum Gasteiger partial charge on any atom is 0.238 e. The Labute approximate surface area is 167 Å². The first-order chi connectivity index (χ1) is 13.7. The Morgan fingerprint density at radius 2 is 1.96 bits per heavy atom. The quantitative estimate of drug-likeness (QED) is 0.591. The number of benzene rings is 2. The predicted octanol–water partition coefficient (Wildman–Crippen LogP) is 2.84. The second-order valence-electron chi connectivity index (χ2n) is 6.66. The average Bonchev–Trinajstić information content (AvgIpc) is 3.44. The topological polar surface area (TPSA) is 81.9 Å². The molecule has 1 saturated carbocycles. The first-order valence-electron chi connectivity index (χ1n) is 9.14. The molecule has 0 bridgehead atoms. The zero-order valence-corrected chi connectivity index (χ0v) is 16.3. The molecule has 8 heteroatoms. The highest BCUT2D eigenvalue weighted by Gasteiger charge is 2.30. The molecular formula is C20H21N5O2S. The van der Waals surface area contributed by atoms with Crippen molar-refractivity contribution in [2.75, 3.05) is 7.11 Å². The number of nitrogens with one attached hydrogen (secondary N) is 1. The van der Waals surface area contributed by atoms with E-state index in [0.717, 1.165) is 29.7 Å². The number of amides is 1. The number of hydrogen-bond acceptors (Lipinski definition) is 6. The van der Waals surface area contributed by atoms with Crippen LogP contribution in [0.3, 0.4) is 0 Å². The van der Waals surface area contributed by atoms with Crippen LogP contribution in [0.2, 0.25) is 0 Å². The van der Waals surface area contributed by atoms with Crippen molar-refractivity contribution in [2.24, 2.45) is 0 Å². The molecule has 7 nitrogen and oxygen atoms in total. The lowest BCUT2D eigenvalue weighted by Crippen LogP contribution is -2.30. The summed E-state index contributed by atoms with van der Waals surface area (Å²) in [5.74, 6) is 0.800. The van der Waals surface area contributed by atoms with Crippen LogP contribution in [0.5, 0.6) is 5.75 Å². The molecular weight excluding hydrogens is 374 g/mol. The Bertz CT molecular complexity index is 925. The van der Waals surface area contributed by atoms with Crippen molar-refractivity contribution in [3.63, 3.8) is 0 Å². The summed E-state index contributed by atoms with van der Waals surface area (Å²) in [6.45, 7) is 0.519. The summed E-state index contributed by atoms with van der Waals surface area (Å²) < 4.78 is 6.91. The van der Waals surface area contributed by atoms with Crippen LogP contribution in [0.4, 0.5) is 0 Å². The Balaban J connectivity index is 1.53. The first-order valence-corrected chi connectivity index (χ1v) is 10.0. The van der Waals surface area contributed by atoms with Crippen LogP contribution >= 0.6 is 11.8 Å². The third kappa shape index (κ3) is 4.51. The van der Waals surface area contributed by atoms with Crippen LogP contribution in [-0.2, 0) is 11.3 Å². The lowest BCUT2D eigenvalue weighted by molar-refractivity contribution is -0.120. The van der Waals surface area contributed by atoms with Gasteiger partial charge in [-0.05, 0) is 46.5 Å². The third-order valence-corrected chi connectivity index (χ3v) is 5.70. The van der Waals surface area contributed by atoms with E-state index < -0.39 is 5.25 Å². The summed E-state index contributed by atoms with van der Waals surface area (Å²) in [6.07, 6.45) is 2.10. The Kier molecular flexibility index (Phi) is 5.57. The SMILES string of the molecule is COc1ccc(Cn2nnnc2S[C@@H](C(=O)NC2CC2)c2ccccc2)cc1. The standard InChI is InChI=1S/C20H21N5O2S/c1-27-17-11-7-14(8-12-17)13-25-20(22-23-24-25)28-18(15-5-3-2-4-6-15)19(26)21-16-9-10-16/h2-8,11-12,16,18H,9-10,13H2,1H3,(H,21,26)/t18-/m1/s1. The number of nitrogens with zero attached hydrogens (tertiary/aromatic N) is 4. The number of methoxy groups -OCH3 is 1. The van der Waals surface area contributed by atoms with Gasteiger partial charge in [-0.2, -0.15) is 0 Å². The molecule has 0 saturated heterocycles. The maximum atomic E-state index is 12.8. The highest BCUT2D eigenvalue weighted by atomic mass is 32.2. The van der Waals surface area contributed by atoms with E-state index in [9.17, 15) is 4.79 Å². The van der Waals surface area contributed by atoms with Crippen molar-refractivity contribution in [1.82, 2.24) is 25.5 Å². The van der Waals surface area contributed by atoms with E-state index in [1.54, 1.807) is 11.8 Å². The van der Waals surface area contributed by atoms with Crippen LogP contribution in [0, 0.1) is 0 Å². The predicted molar refractivity (Wildman–Crippen MR) is 106 cm³/mol. The second-order valence-corrected chi connectivity index (χ2v) is 7.73. The fourth-order valence-electron chi connectivity index (χ4n) is 2.79. The molecule has 28 heavy (non-hydrogen) atoms. The molecule has 0 spiro atoms.